The molecule has 0 saturated heterocycles. The van der Waals surface area contributed by atoms with E-state index < -0.39 is 0 Å². The van der Waals surface area contributed by atoms with Crippen molar-refractivity contribution in [3.63, 3.8) is 0 Å². The van der Waals surface area contributed by atoms with Gasteiger partial charge in [-0.1, -0.05) is 71.9 Å². The average Bonchev–Trinajstić information content (AvgIpc) is 1.59. The van der Waals surface area contributed by atoms with E-state index in [4.69, 9.17) is 0 Å². The van der Waals surface area contributed by atoms with E-state index in [0.717, 1.165) is 167 Å². The van der Waals surface area contributed by atoms with E-state index in [-0.39, 0.29) is 0 Å². The third-order valence-electron chi connectivity index (χ3n) is 15.9. The van der Waals surface area contributed by atoms with Crippen LogP contribution in [-0.2, 0) is 0 Å². The molecule has 9 heteroatoms. The Morgan fingerprint density at radius 2 is 0.402 bits per heavy atom. The molecule has 7 aromatic carbocycles. The van der Waals surface area contributed by atoms with Gasteiger partial charge in [0, 0.05) is 70.6 Å². The average molecular weight is 1130 g/mol. The van der Waals surface area contributed by atoms with Crippen molar-refractivity contribution in [2.45, 2.75) is 83.1 Å². The van der Waals surface area contributed by atoms with Crippen LogP contribution in [0.15, 0.2) is 165 Å². The molecule has 0 bridgehead atoms. The SMILES string of the molecule is Cc1cc(C#Cc2cc(C#Cc3cc(C)c(C(=[N+]=[N-])c4c(C)cc(-c5ccncc5)cc4C)c(C)c3)cc(C#Cc3cc(C)c(C(=[N+]=[N-])c4c(C)cc(-c5ccncc5)cc4C)c(C)c3)c2)cc(C)c1C(=[N+]=[N-])c1c(C)cc(-c2ccncc2)cc1C. The molecule has 10 rings (SSSR count). The van der Waals surface area contributed by atoms with Gasteiger partial charge in [0.25, 0.3) is 0 Å². The maximum Gasteiger partial charge on any atom is 0.330 e. The monoisotopic (exact) mass is 1130 g/mol. The van der Waals surface area contributed by atoms with E-state index in [1.807, 2.05) is 174 Å². The topological polar surface area (TPSA) is 148 Å². The van der Waals surface area contributed by atoms with E-state index in [0.29, 0.717) is 17.1 Å². The van der Waals surface area contributed by atoms with Crippen molar-refractivity contribution < 1.29 is 14.4 Å². The van der Waals surface area contributed by atoms with E-state index in [1.165, 1.54) is 0 Å². The zero-order valence-electron chi connectivity index (χ0n) is 51.1. The highest BCUT2D eigenvalue weighted by molar-refractivity contribution is 6.15. The van der Waals surface area contributed by atoms with Gasteiger partial charge in [-0.05, 0) is 274 Å². The maximum absolute atomic E-state index is 10.7. The second kappa shape index (κ2) is 25.3. The van der Waals surface area contributed by atoms with Crippen LogP contribution in [0.5, 0.6) is 0 Å². The van der Waals surface area contributed by atoms with Gasteiger partial charge in [0.15, 0.2) is 0 Å². The lowest BCUT2D eigenvalue weighted by Crippen LogP contribution is -2.13. The van der Waals surface area contributed by atoms with Crippen LogP contribution in [0.2, 0.25) is 0 Å². The Hall–Kier alpha value is -11.2. The lowest BCUT2D eigenvalue weighted by atomic mass is 9.87. The predicted molar refractivity (Wildman–Crippen MR) is 350 cm³/mol. The molecule has 0 aliphatic heterocycles. The van der Waals surface area contributed by atoms with Gasteiger partial charge in [-0.2, -0.15) is 14.4 Å². The third kappa shape index (κ3) is 12.5. The molecule has 10 aromatic rings. The minimum atomic E-state index is 0.508. The van der Waals surface area contributed by atoms with E-state index in [2.05, 4.69) is 101 Å². The number of benzene rings is 7. The molecule has 0 spiro atoms. The molecular formula is C78H63N9. The summed E-state index contributed by atoms with van der Waals surface area (Å²) in [6, 6.07) is 42.8. The highest BCUT2D eigenvalue weighted by Crippen LogP contribution is 2.33. The van der Waals surface area contributed by atoms with E-state index in [9.17, 15) is 16.6 Å². The van der Waals surface area contributed by atoms with Gasteiger partial charge in [0.05, 0.1) is 33.4 Å². The van der Waals surface area contributed by atoms with E-state index >= 15 is 0 Å². The Balaban J connectivity index is 1.01. The zero-order valence-corrected chi connectivity index (χ0v) is 51.1. The summed E-state index contributed by atoms with van der Waals surface area (Å²) in [5, 5.41) is 0. The molecule has 0 amide bonds. The summed E-state index contributed by atoms with van der Waals surface area (Å²) in [4.78, 5) is 24.3. The molecule has 0 N–H and O–H groups in total. The first kappa shape index (κ1) is 59.0. The molecule has 0 radical (unpaired) electrons. The summed E-state index contributed by atoms with van der Waals surface area (Å²) in [5.74, 6) is 20.6. The van der Waals surface area contributed by atoms with Crippen LogP contribution in [0, 0.1) is 119 Å². The lowest BCUT2D eigenvalue weighted by molar-refractivity contribution is -0.00341. The van der Waals surface area contributed by atoms with Crippen LogP contribution in [0.1, 0.15) is 134 Å². The van der Waals surface area contributed by atoms with Crippen molar-refractivity contribution >= 4 is 17.1 Å². The first-order chi connectivity index (χ1) is 41.9. The number of pyridine rings is 3. The number of hydrogen-bond donors (Lipinski definition) is 0. The molecule has 87 heavy (non-hydrogen) atoms. The van der Waals surface area contributed by atoms with Gasteiger partial charge in [0.2, 0.25) is 0 Å². The second-order valence-electron chi connectivity index (χ2n) is 22.5. The minimum absolute atomic E-state index is 0.508. The fourth-order valence-electron chi connectivity index (χ4n) is 12.3. The van der Waals surface area contributed by atoms with Gasteiger partial charge in [-0.15, -0.1) is 0 Å². The number of hydrogen-bond acceptors (Lipinski definition) is 3. The largest absolute Gasteiger partial charge is 0.361 e. The fourth-order valence-corrected chi connectivity index (χ4v) is 12.3. The van der Waals surface area contributed by atoms with Gasteiger partial charge in [-0.3, -0.25) is 15.0 Å². The Kier molecular flexibility index (Phi) is 17.2. The Morgan fingerprint density at radius 1 is 0.241 bits per heavy atom. The van der Waals surface area contributed by atoms with Gasteiger partial charge >= 0.3 is 17.1 Å². The molecular weight excluding hydrogens is 1060 g/mol. The minimum Gasteiger partial charge on any atom is -0.361 e. The third-order valence-corrected chi connectivity index (χ3v) is 15.9. The van der Waals surface area contributed by atoms with Crippen molar-refractivity contribution in [3.8, 4) is 68.9 Å². The molecule has 0 fully saturated rings. The van der Waals surface area contributed by atoms with Crippen LogP contribution in [-0.4, -0.2) is 46.5 Å². The molecule has 9 nitrogen and oxygen atoms in total. The molecule has 0 unspecified atom stereocenters. The molecule has 420 valence electrons. The smallest absolute Gasteiger partial charge is 0.330 e. The summed E-state index contributed by atoms with van der Waals surface area (Å²) in [6.45, 7) is 24.4. The number of rotatable bonds is 9. The Morgan fingerprint density at radius 3 is 0.575 bits per heavy atom. The van der Waals surface area contributed by atoms with Crippen molar-refractivity contribution in [1.82, 2.24) is 15.0 Å². The number of aryl methyl sites for hydroxylation is 12. The van der Waals surface area contributed by atoms with Crippen LogP contribution >= 0.6 is 0 Å². The van der Waals surface area contributed by atoms with Crippen molar-refractivity contribution in [3.05, 3.63) is 315 Å². The Labute approximate surface area is 510 Å². The van der Waals surface area contributed by atoms with Crippen LogP contribution in [0.4, 0.5) is 0 Å². The fraction of sp³-hybridized carbons (Fsp3) is 0.154. The van der Waals surface area contributed by atoms with Gasteiger partial charge in [0.1, 0.15) is 0 Å². The molecule has 0 atom stereocenters. The summed E-state index contributed by atoms with van der Waals surface area (Å²) in [5.41, 5.74) is 61.2. The highest BCUT2D eigenvalue weighted by Gasteiger charge is 2.28. The van der Waals surface area contributed by atoms with Crippen molar-refractivity contribution in [2.75, 3.05) is 0 Å². The van der Waals surface area contributed by atoms with Gasteiger partial charge < -0.3 is 16.6 Å². The summed E-state index contributed by atoms with van der Waals surface area (Å²) < 4.78 is 0. The number of aromatic nitrogens is 3. The van der Waals surface area contributed by atoms with Crippen LogP contribution < -0.4 is 0 Å². The summed E-state index contributed by atoms with van der Waals surface area (Å²) in [6.07, 6.45) is 10.7. The van der Waals surface area contributed by atoms with Crippen molar-refractivity contribution in [1.29, 1.82) is 0 Å². The van der Waals surface area contributed by atoms with E-state index in [1.54, 1.807) is 37.2 Å². The predicted octanol–water partition coefficient (Wildman–Crippen LogP) is 16.0. The van der Waals surface area contributed by atoms with Crippen LogP contribution in [0.25, 0.3) is 50.0 Å². The molecule has 0 aliphatic rings. The summed E-state index contributed by atoms with van der Waals surface area (Å²) >= 11 is 0. The van der Waals surface area contributed by atoms with Crippen LogP contribution in [0.3, 0.4) is 0 Å². The first-order valence-corrected chi connectivity index (χ1v) is 28.7. The standard InChI is InChI=1S/C78H63N9/c1-46-31-58(32-47(2)70(46)76(85-79)73-52(7)37-67(38-53(73)8)64-19-25-82-26-20-64)13-16-61-43-62(17-14-59-33-48(3)71(49(4)34-59)77(86-80)74-54(9)39-68(40-55(74)10)65-21-27-83-28-22-65)45-63(44-61)18-15-60-35-50(5)72(51(6)36-60)78(87-81)75-56(11)41-69(42-57(75)12)66-23-29-84-30-24-66/h19-45H,1-12H3. The molecule has 3 heterocycles. The highest BCUT2D eigenvalue weighted by atomic mass is 14.9. The van der Waals surface area contributed by atoms with Crippen molar-refractivity contribution in [2.24, 2.45) is 0 Å². The molecule has 0 saturated carbocycles. The normalized spacial score (nSPS) is 10.5. The lowest BCUT2D eigenvalue weighted by Gasteiger charge is -2.13. The number of nitrogens with zero attached hydrogens (tertiary/aromatic N) is 9. The molecule has 3 aromatic heterocycles. The second-order valence-corrected chi connectivity index (χ2v) is 22.5. The summed E-state index contributed by atoms with van der Waals surface area (Å²) in [7, 11) is 0. The first-order valence-electron chi connectivity index (χ1n) is 28.7. The zero-order chi connectivity index (χ0) is 61.6. The quantitative estimate of drug-likeness (QED) is 0.0613. The Bertz CT molecular complexity index is 4190. The molecule has 0 aliphatic carbocycles. The maximum atomic E-state index is 10.7. The van der Waals surface area contributed by atoms with Gasteiger partial charge in [-0.25, -0.2) is 0 Å².